The summed E-state index contributed by atoms with van der Waals surface area (Å²) in [4.78, 5) is 1.76. The van der Waals surface area contributed by atoms with E-state index in [0.717, 1.165) is 0 Å². The minimum absolute atomic E-state index is 0. The maximum absolute atomic E-state index is 13.1. The SMILES string of the molecule is CC(C)(C)Oc1ccc(O)c([C@@H](CC(F)(F)F)N2CCNCC2)c1.Cl. The monoisotopic (exact) mass is 382 g/mol. The maximum atomic E-state index is 13.1. The van der Waals surface area contributed by atoms with Crippen LogP contribution in [0.15, 0.2) is 18.2 Å². The standard InChI is InChI=1S/C17H25F3N2O2.ClH/c1-16(2,3)24-12-4-5-15(23)13(10-12)14(11-17(18,19)20)22-8-6-21-7-9-22;/h4-5,10,14,21,23H,6-9,11H2,1-3H3;1H/t14-;/m1./s1. The quantitative estimate of drug-likeness (QED) is 0.829. The topological polar surface area (TPSA) is 44.7 Å². The molecule has 0 saturated carbocycles. The van der Waals surface area contributed by atoms with Gasteiger partial charge in [0, 0.05) is 37.8 Å². The lowest BCUT2D eigenvalue weighted by Crippen LogP contribution is -2.46. The molecule has 8 heteroatoms. The Labute approximate surface area is 152 Å². The molecule has 1 aliphatic heterocycles. The van der Waals surface area contributed by atoms with Gasteiger partial charge in [-0.15, -0.1) is 12.4 Å². The summed E-state index contributed by atoms with van der Waals surface area (Å²) in [5, 5.41) is 13.3. The second kappa shape index (κ2) is 8.47. The molecule has 1 aromatic carbocycles. The average Bonchev–Trinajstić information content (AvgIpc) is 2.45. The Morgan fingerprint density at radius 3 is 2.32 bits per heavy atom. The second-order valence-electron chi connectivity index (χ2n) is 7.06. The van der Waals surface area contributed by atoms with Crippen LogP contribution in [0.1, 0.15) is 38.8 Å². The van der Waals surface area contributed by atoms with Crippen LogP contribution >= 0.6 is 12.4 Å². The first-order chi connectivity index (χ1) is 11.1. The van der Waals surface area contributed by atoms with Crippen LogP contribution in [0.4, 0.5) is 13.2 Å². The fourth-order valence-corrected chi connectivity index (χ4v) is 2.87. The fraction of sp³-hybridized carbons (Fsp3) is 0.647. The zero-order valence-corrected chi connectivity index (χ0v) is 15.5. The summed E-state index contributed by atoms with van der Waals surface area (Å²) in [6.07, 6.45) is -5.32. The molecule has 0 aromatic heterocycles. The minimum Gasteiger partial charge on any atom is -0.508 e. The number of benzene rings is 1. The number of phenolic OH excluding ortho intramolecular Hbond substituents is 1. The molecule has 25 heavy (non-hydrogen) atoms. The molecule has 2 rings (SSSR count). The van der Waals surface area contributed by atoms with E-state index in [1.54, 1.807) is 11.0 Å². The van der Waals surface area contributed by atoms with Crippen LogP contribution < -0.4 is 10.1 Å². The average molecular weight is 383 g/mol. The Bertz CT molecular complexity index is 556. The number of rotatable bonds is 4. The van der Waals surface area contributed by atoms with Crippen molar-refractivity contribution in [1.29, 1.82) is 0 Å². The molecule has 1 aliphatic rings. The van der Waals surface area contributed by atoms with Crippen molar-refractivity contribution in [1.82, 2.24) is 10.2 Å². The number of hydrogen-bond acceptors (Lipinski definition) is 4. The van der Waals surface area contributed by atoms with Crippen molar-refractivity contribution in [2.45, 2.75) is 45.0 Å². The van der Waals surface area contributed by atoms with Crippen LogP contribution in [0.5, 0.6) is 11.5 Å². The van der Waals surface area contributed by atoms with Gasteiger partial charge in [-0.1, -0.05) is 0 Å². The lowest BCUT2D eigenvalue weighted by molar-refractivity contribution is -0.148. The minimum atomic E-state index is -4.32. The van der Waals surface area contributed by atoms with E-state index in [1.807, 2.05) is 20.8 Å². The van der Waals surface area contributed by atoms with Crippen LogP contribution in [-0.4, -0.2) is 48.0 Å². The number of alkyl halides is 3. The van der Waals surface area contributed by atoms with Crippen molar-refractivity contribution < 1.29 is 23.0 Å². The Hall–Kier alpha value is -1.18. The molecule has 0 spiro atoms. The Morgan fingerprint density at radius 1 is 1.20 bits per heavy atom. The van der Waals surface area contributed by atoms with E-state index in [1.165, 1.54) is 12.1 Å². The van der Waals surface area contributed by atoms with Crippen LogP contribution in [-0.2, 0) is 0 Å². The summed E-state index contributed by atoms with van der Waals surface area (Å²) in [5.41, 5.74) is -0.209. The van der Waals surface area contributed by atoms with E-state index in [4.69, 9.17) is 4.74 Å². The van der Waals surface area contributed by atoms with Crippen molar-refractivity contribution in [3.05, 3.63) is 23.8 Å². The Kier molecular flexibility index (Phi) is 7.40. The van der Waals surface area contributed by atoms with Crippen LogP contribution in [0, 0.1) is 0 Å². The number of nitrogens with zero attached hydrogens (tertiary/aromatic N) is 1. The summed E-state index contributed by atoms with van der Waals surface area (Å²) in [5.74, 6) is 0.321. The number of aromatic hydroxyl groups is 1. The molecule has 1 atom stereocenters. The number of halogens is 4. The van der Waals surface area contributed by atoms with E-state index < -0.39 is 24.2 Å². The zero-order chi connectivity index (χ0) is 18.0. The number of hydrogen-bond donors (Lipinski definition) is 2. The van der Waals surface area contributed by atoms with Gasteiger partial charge in [0.05, 0.1) is 6.42 Å². The number of piperazine rings is 1. The number of ether oxygens (including phenoxy) is 1. The van der Waals surface area contributed by atoms with Gasteiger partial charge < -0.3 is 15.2 Å². The van der Waals surface area contributed by atoms with E-state index in [9.17, 15) is 18.3 Å². The largest absolute Gasteiger partial charge is 0.508 e. The molecule has 1 saturated heterocycles. The molecule has 0 aliphatic carbocycles. The summed E-state index contributed by atoms with van der Waals surface area (Å²) >= 11 is 0. The third-order valence-electron chi connectivity index (χ3n) is 3.80. The molecule has 0 bridgehead atoms. The highest BCUT2D eigenvalue weighted by molar-refractivity contribution is 5.85. The van der Waals surface area contributed by atoms with E-state index >= 15 is 0 Å². The molecular formula is C17H26ClF3N2O2. The predicted molar refractivity (Wildman–Crippen MR) is 93.6 cm³/mol. The van der Waals surface area contributed by atoms with E-state index in [0.29, 0.717) is 31.9 Å². The highest BCUT2D eigenvalue weighted by atomic mass is 35.5. The van der Waals surface area contributed by atoms with Gasteiger partial charge in [0.1, 0.15) is 17.1 Å². The van der Waals surface area contributed by atoms with Gasteiger partial charge >= 0.3 is 6.18 Å². The number of nitrogens with one attached hydrogen (secondary N) is 1. The van der Waals surface area contributed by atoms with Crippen molar-refractivity contribution in [2.75, 3.05) is 26.2 Å². The highest BCUT2D eigenvalue weighted by Gasteiger charge is 2.37. The summed E-state index contributed by atoms with van der Waals surface area (Å²) < 4.78 is 45.0. The Balaban J connectivity index is 0.00000312. The second-order valence-corrected chi connectivity index (χ2v) is 7.06. The van der Waals surface area contributed by atoms with Gasteiger partial charge in [0.15, 0.2) is 0 Å². The van der Waals surface area contributed by atoms with E-state index in [-0.39, 0.29) is 23.7 Å². The van der Waals surface area contributed by atoms with E-state index in [2.05, 4.69) is 5.32 Å². The third kappa shape index (κ3) is 6.92. The molecular weight excluding hydrogens is 357 g/mol. The first-order valence-electron chi connectivity index (χ1n) is 8.09. The molecule has 1 heterocycles. The predicted octanol–water partition coefficient (Wildman–Crippen LogP) is 3.89. The smallest absolute Gasteiger partial charge is 0.390 e. The fourth-order valence-electron chi connectivity index (χ4n) is 2.87. The third-order valence-corrected chi connectivity index (χ3v) is 3.80. The molecule has 0 radical (unpaired) electrons. The van der Waals surface area contributed by atoms with Gasteiger partial charge in [-0.25, -0.2) is 0 Å². The first kappa shape index (κ1) is 21.9. The summed E-state index contributed by atoms with van der Waals surface area (Å²) in [6, 6.07) is 3.59. The van der Waals surface area contributed by atoms with Crippen molar-refractivity contribution in [3.8, 4) is 11.5 Å². The first-order valence-corrected chi connectivity index (χ1v) is 8.09. The maximum Gasteiger partial charge on any atom is 0.390 e. The van der Waals surface area contributed by atoms with Gasteiger partial charge in [-0.05, 0) is 39.0 Å². The summed E-state index contributed by atoms with van der Waals surface area (Å²) in [6.45, 7) is 7.87. The van der Waals surface area contributed by atoms with Crippen molar-refractivity contribution >= 4 is 12.4 Å². The van der Waals surface area contributed by atoms with Crippen LogP contribution in [0.2, 0.25) is 0 Å². The highest BCUT2D eigenvalue weighted by Crippen LogP contribution is 2.39. The molecule has 1 aromatic rings. The molecule has 0 unspecified atom stereocenters. The van der Waals surface area contributed by atoms with Gasteiger partial charge in [-0.3, -0.25) is 4.90 Å². The van der Waals surface area contributed by atoms with Crippen LogP contribution in [0.3, 0.4) is 0 Å². The molecule has 144 valence electrons. The molecule has 4 nitrogen and oxygen atoms in total. The Morgan fingerprint density at radius 2 is 1.80 bits per heavy atom. The van der Waals surface area contributed by atoms with Gasteiger partial charge in [0.2, 0.25) is 0 Å². The van der Waals surface area contributed by atoms with Crippen LogP contribution in [0.25, 0.3) is 0 Å². The molecule has 0 amide bonds. The molecule has 2 N–H and O–H groups in total. The zero-order valence-electron chi connectivity index (χ0n) is 14.7. The van der Waals surface area contributed by atoms with Gasteiger partial charge in [-0.2, -0.15) is 13.2 Å². The summed E-state index contributed by atoms with van der Waals surface area (Å²) in [7, 11) is 0. The normalized spacial score (nSPS) is 17.7. The van der Waals surface area contributed by atoms with Gasteiger partial charge in [0.25, 0.3) is 0 Å². The number of phenols is 1. The molecule has 1 fully saturated rings. The lowest BCUT2D eigenvalue weighted by atomic mass is 9.99. The van der Waals surface area contributed by atoms with Crippen molar-refractivity contribution in [2.24, 2.45) is 0 Å². The van der Waals surface area contributed by atoms with Crippen molar-refractivity contribution in [3.63, 3.8) is 0 Å². The lowest BCUT2D eigenvalue weighted by Gasteiger charge is -2.36.